The van der Waals surface area contributed by atoms with Gasteiger partial charge in [0.25, 0.3) is 11.4 Å². The molecule has 7 nitrogen and oxygen atoms in total. The summed E-state index contributed by atoms with van der Waals surface area (Å²) < 4.78 is 0. The highest BCUT2D eigenvalue weighted by atomic mass is 16.6. The van der Waals surface area contributed by atoms with Gasteiger partial charge in [-0.05, 0) is 18.6 Å². The molecule has 0 spiro atoms. The molecule has 2 aromatic carbocycles. The van der Waals surface area contributed by atoms with E-state index in [0.717, 1.165) is 17.2 Å². The van der Waals surface area contributed by atoms with Gasteiger partial charge in [-0.3, -0.25) is 20.2 Å². The molecule has 0 saturated heterocycles. The fourth-order valence-electron chi connectivity index (χ4n) is 1.84. The molecule has 0 bridgehead atoms. The molecule has 0 heterocycles. The van der Waals surface area contributed by atoms with Gasteiger partial charge in [-0.25, -0.2) is 0 Å². The number of non-ortho nitro benzene ring substituents is 1. The van der Waals surface area contributed by atoms with E-state index in [0.29, 0.717) is 6.54 Å². The molecule has 0 fully saturated rings. The highest BCUT2D eigenvalue weighted by Gasteiger charge is 2.19. The summed E-state index contributed by atoms with van der Waals surface area (Å²) in [6.07, 6.45) is 0. The predicted octanol–water partition coefficient (Wildman–Crippen LogP) is 3.42. The lowest BCUT2D eigenvalue weighted by atomic mass is 10.1. The van der Waals surface area contributed by atoms with Gasteiger partial charge >= 0.3 is 0 Å². The van der Waals surface area contributed by atoms with Gasteiger partial charge in [0.15, 0.2) is 0 Å². The van der Waals surface area contributed by atoms with Crippen LogP contribution in [0.2, 0.25) is 0 Å². The maximum atomic E-state index is 11.0. The van der Waals surface area contributed by atoms with Gasteiger partial charge in [0.2, 0.25) is 0 Å². The van der Waals surface area contributed by atoms with Crippen molar-refractivity contribution in [3.8, 4) is 0 Å². The SMILES string of the molecule is Cc1ccc(CNc2ccc([N+](=O)[O-])cc2[N+](=O)[O-])cc1. The van der Waals surface area contributed by atoms with Gasteiger partial charge in [-0.1, -0.05) is 29.8 Å². The maximum Gasteiger partial charge on any atom is 0.299 e. The fraction of sp³-hybridized carbons (Fsp3) is 0.143. The molecule has 0 atom stereocenters. The number of nitro groups is 2. The first-order valence-corrected chi connectivity index (χ1v) is 6.19. The zero-order chi connectivity index (χ0) is 15.4. The monoisotopic (exact) mass is 287 g/mol. The number of hydrogen-bond donors (Lipinski definition) is 1. The minimum absolute atomic E-state index is 0.256. The molecular weight excluding hydrogens is 274 g/mol. The topological polar surface area (TPSA) is 98.3 Å². The lowest BCUT2D eigenvalue weighted by Crippen LogP contribution is -2.03. The van der Waals surface area contributed by atoms with Crippen LogP contribution in [0.3, 0.4) is 0 Å². The highest BCUT2D eigenvalue weighted by Crippen LogP contribution is 2.29. The van der Waals surface area contributed by atoms with E-state index in [1.54, 1.807) is 0 Å². The number of nitrogens with zero attached hydrogens (tertiary/aromatic N) is 2. The summed E-state index contributed by atoms with van der Waals surface area (Å²) in [5.41, 5.74) is 1.73. The van der Waals surface area contributed by atoms with E-state index in [-0.39, 0.29) is 17.1 Å². The van der Waals surface area contributed by atoms with Crippen LogP contribution < -0.4 is 5.32 Å². The predicted molar refractivity (Wildman–Crippen MR) is 78.3 cm³/mol. The second-order valence-corrected chi connectivity index (χ2v) is 4.55. The Balaban J connectivity index is 2.21. The van der Waals surface area contributed by atoms with Gasteiger partial charge < -0.3 is 5.32 Å². The Morgan fingerprint density at radius 3 is 2.24 bits per heavy atom. The van der Waals surface area contributed by atoms with E-state index in [4.69, 9.17) is 0 Å². The van der Waals surface area contributed by atoms with Crippen molar-refractivity contribution in [2.75, 3.05) is 5.32 Å². The first-order chi connectivity index (χ1) is 9.97. The van der Waals surface area contributed by atoms with Gasteiger partial charge in [0.1, 0.15) is 5.69 Å². The third-order valence-corrected chi connectivity index (χ3v) is 2.99. The molecule has 21 heavy (non-hydrogen) atoms. The van der Waals surface area contributed by atoms with Gasteiger partial charge in [-0.2, -0.15) is 0 Å². The van der Waals surface area contributed by atoms with Crippen molar-refractivity contribution >= 4 is 17.1 Å². The molecule has 0 aliphatic rings. The first-order valence-electron chi connectivity index (χ1n) is 6.19. The van der Waals surface area contributed by atoms with Crippen LogP contribution in [-0.2, 0) is 6.54 Å². The molecule has 2 aromatic rings. The van der Waals surface area contributed by atoms with E-state index >= 15 is 0 Å². The molecule has 108 valence electrons. The van der Waals surface area contributed by atoms with Crippen molar-refractivity contribution in [2.45, 2.75) is 13.5 Å². The third-order valence-electron chi connectivity index (χ3n) is 2.99. The van der Waals surface area contributed by atoms with Crippen molar-refractivity contribution in [3.63, 3.8) is 0 Å². The smallest absolute Gasteiger partial charge is 0.299 e. The van der Waals surface area contributed by atoms with Crippen molar-refractivity contribution in [2.24, 2.45) is 0 Å². The van der Waals surface area contributed by atoms with E-state index in [2.05, 4.69) is 5.32 Å². The van der Waals surface area contributed by atoms with Gasteiger partial charge in [0, 0.05) is 12.6 Å². The first kappa shape index (κ1) is 14.4. The van der Waals surface area contributed by atoms with Crippen molar-refractivity contribution < 1.29 is 9.85 Å². The van der Waals surface area contributed by atoms with Crippen LogP contribution in [0.4, 0.5) is 17.1 Å². The van der Waals surface area contributed by atoms with E-state index in [1.165, 1.54) is 12.1 Å². The third kappa shape index (κ3) is 3.53. The summed E-state index contributed by atoms with van der Waals surface area (Å²) in [5.74, 6) is 0. The molecular formula is C14H13N3O4. The molecule has 0 aliphatic heterocycles. The lowest BCUT2D eigenvalue weighted by Gasteiger charge is -2.07. The van der Waals surface area contributed by atoms with Crippen molar-refractivity contribution in [3.05, 3.63) is 73.8 Å². The minimum Gasteiger partial charge on any atom is -0.375 e. The van der Waals surface area contributed by atoms with Crippen LogP contribution in [0.1, 0.15) is 11.1 Å². The van der Waals surface area contributed by atoms with Crippen LogP contribution in [0.5, 0.6) is 0 Å². The van der Waals surface area contributed by atoms with Gasteiger partial charge in [0.05, 0.1) is 15.9 Å². The van der Waals surface area contributed by atoms with Crippen LogP contribution in [0.25, 0.3) is 0 Å². The average Bonchev–Trinajstić information content (AvgIpc) is 2.46. The standard InChI is InChI=1S/C14H13N3O4/c1-10-2-4-11(5-3-10)9-15-13-7-6-12(16(18)19)8-14(13)17(20)21/h2-8,15H,9H2,1H3. The lowest BCUT2D eigenvalue weighted by molar-refractivity contribution is -0.393. The number of anilines is 1. The Kier molecular flexibility index (Phi) is 4.13. The van der Waals surface area contributed by atoms with E-state index < -0.39 is 9.85 Å². The van der Waals surface area contributed by atoms with Crippen LogP contribution in [0.15, 0.2) is 42.5 Å². The molecule has 0 amide bonds. The molecule has 2 rings (SSSR count). The number of benzene rings is 2. The molecule has 1 N–H and O–H groups in total. The second-order valence-electron chi connectivity index (χ2n) is 4.55. The quantitative estimate of drug-likeness (QED) is 0.671. The van der Waals surface area contributed by atoms with Crippen LogP contribution >= 0.6 is 0 Å². The largest absolute Gasteiger partial charge is 0.375 e. The number of nitrogens with one attached hydrogen (secondary N) is 1. The van der Waals surface area contributed by atoms with E-state index in [9.17, 15) is 20.2 Å². The number of hydrogen-bond acceptors (Lipinski definition) is 5. The summed E-state index contributed by atoms with van der Waals surface area (Å²) in [7, 11) is 0. The summed E-state index contributed by atoms with van der Waals surface area (Å²) in [5, 5.41) is 24.6. The summed E-state index contributed by atoms with van der Waals surface area (Å²) >= 11 is 0. The zero-order valence-electron chi connectivity index (χ0n) is 11.3. The van der Waals surface area contributed by atoms with Crippen molar-refractivity contribution in [1.82, 2.24) is 0 Å². The Morgan fingerprint density at radius 1 is 1.00 bits per heavy atom. The molecule has 0 aliphatic carbocycles. The Bertz CT molecular complexity index is 683. The van der Waals surface area contributed by atoms with Crippen molar-refractivity contribution in [1.29, 1.82) is 0 Å². The summed E-state index contributed by atoms with van der Waals surface area (Å²) in [6.45, 7) is 2.37. The zero-order valence-corrected chi connectivity index (χ0v) is 11.3. The summed E-state index contributed by atoms with van der Waals surface area (Å²) in [4.78, 5) is 20.4. The summed E-state index contributed by atoms with van der Waals surface area (Å²) in [6, 6.07) is 11.3. The number of nitro benzene ring substituents is 2. The number of rotatable bonds is 5. The Morgan fingerprint density at radius 2 is 1.67 bits per heavy atom. The fourth-order valence-corrected chi connectivity index (χ4v) is 1.84. The van der Waals surface area contributed by atoms with Crippen LogP contribution in [-0.4, -0.2) is 9.85 Å². The maximum absolute atomic E-state index is 11.0. The molecule has 0 saturated carbocycles. The highest BCUT2D eigenvalue weighted by molar-refractivity contribution is 5.65. The van der Waals surface area contributed by atoms with Gasteiger partial charge in [-0.15, -0.1) is 0 Å². The van der Waals surface area contributed by atoms with Crippen LogP contribution in [0, 0.1) is 27.2 Å². The molecule has 0 radical (unpaired) electrons. The molecule has 0 aromatic heterocycles. The molecule has 7 heteroatoms. The second kappa shape index (κ2) is 6.00. The Labute approximate surface area is 120 Å². The Hall–Kier alpha value is -2.96. The number of aryl methyl sites for hydroxylation is 1. The van der Waals surface area contributed by atoms with E-state index in [1.807, 2.05) is 31.2 Å². The minimum atomic E-state index is -0.656. The average molecular weight is 287 g/mol. The molecule has 0 unspecified atom stereocenters. The normalized spacial score (nSPS) is 10.1.